The molecule has 0 amide bonds. The second-order valence-electron chi connectivity index (χ2n) is 2.82. The Hall–Kier alpha value is -1.44. The van der Waals surface area contributed by atoms with Gasteiger partial charge in [-0.15, -0.1) is 5.10 Å². The lowest BCUT2D eigenvalue weighted by molar-refractivity contribution is 0.412. The normalized spacial score (nSPS) is 17.1. The monoisotopic (exact) mass is 167 g/mol. The predicted molar refractivity (Wildman–Crippen MR) is 45.8 cm³/mol. The van der Waals surface area contributed by atoms with Crippen LogP contribution in [-0.2, 0) is 0 Å². The van der Waals surface area contributed by atoms with Crippen molar-refractivity contribution in [2.45, 2.75) is 25.3 Å². The van der Waals surface area contributed by atoms with E-state index in [4.69, 9.17) is 16.8 Å². The lowest BCUT2D eigenvalue weighted by atomic mass is 10.4. The SMILES string of the molecule is N#CCCN(C(N)=NN)C1CC1. The van der Waals surface area contributed by atoms with Gasteiger partial charge in [-0.3, -0.25) is 0 Å². The predicted octanol–water partition coefficient (Wildman–Crippen LogP) is -0.447. The van der Waals surface area contributed by atoms with E-state index in [1.54, 1.807) is 0 Å². The van der Waals surface area contributed by atoms with Crippen LogP contribution in [0.3, 0.4) is 0 Å². The number of hydrazone groups is 1. The summed E-state index contributed by atoms with van der Waals surface area (Å²) in [7, 11) is 0. The molecule has 5 nitrogen and oxygen atoms in total. The molecule has 12 heavy (non-hydrogen) atoms. The van der Waals surface area contributed by atoms with Crippen LogP contribution in [0.4, 0.5) is 0 Å². The van der Waals surface area contributed by atoms with Gasteiger partial charge in [0.15, 0.2) is 0 Å². The number of guanidine groups is 1. The Labute approximate surface area is 71.6 Å². The van der Waals surface area contributed by atoms with E-state index in [-0.39, 0.29) is 0 Å². The lowest BCUT2D eigenvalue weighted by Gasteiger charge is -2.20. The van der Waals surface area contributed by atoms with Crippen LogP contribution < -0.4 is 11.6 Å². The van der Waals surface area contributed by atoms with Gasteiger partial charge in [0.2, 0.25) is 5.96 Å². The van der Waals surface area contributed by atoms with Crippen LogP contribution in [0.25, 0.3) is 0 Å². The Kier molecular flexibility index (Phi) is 2.75. The molecule has 4 N–H and O–H groups in total. The molecule has 1 fully saturated rings. The highest BCUT2D eigenvalue weighted by Crippen LogP contribution is 2.26. The summed E-state index contributed by atoms with van der Waals surface area (Å²) in [5.74, 6) is 5.39. The minimum atomic E-state index is 0.341. The molecule has 0 radical (unpaired) electrons. The van der Waals surface area contributed by atoms with Gasteiger partial charge in [0, 0.05) is 12.6 Å². The zero-order chi connectivity index (χ0) is 8.97. The minimum absolute atomic E-state index is 0.341. The Morgan fingerprint density at radius 2 is 2.33 bits per heavy atom. The molecular weight excluding hydrogens is 154 g/mol. The first-order valence-corrected chi connectivity index (χ1v) is 3.96. The summed E-state index contributed by atoms with van der Waals surface area (Å²) in [5, 5.41) is 11.8. The summed E-state index contributed by atoms with van der Waals surface area (Å²) in [6.45, 7) is 0.633. The Morgan fingerprint density at radius 1 is 1.67 bits per heavy atom. The third-order valence-electron chi connectivity index (χ3n) is 1.88. The second-order valence-corrected chi connectivity index (χ2v) is 2.82. The minimum Gasteiger partial charge on any atom is -0.368 e. The number of rotatable bonds is 3. The maximum absolute atomic E-state index is 8.38. The number of nitriles is 1. The molecule has 0 aromatic rings. The van der Waals surface area contributed by atoms with Crippen molar-refractivity contribution >= 4 is 5.96 Å². The fourth-order valence-corrected chi connectivity index (χ4v) is 1.12. The number of hydrogen-bond acceptors (Lipinski definition) is 3. The first kappa shape index (κ1) is 8.65. The summed E-state index contributed by atoms with van der Waals surface area (Å²) >= 11 is 0. The van der Waals surface area contributed by atoms with Crippen molar-refractivity contribution in [3.8, 4) is 6.07 Å². The standard InChI is InChI=1S/C7H13N5/c8-4-1-5-12(6-2-3-6)7(9)11-10/h6H,1-3,5,10H2,(H2,9,11). The first-order chi connectivity index (χ1) is 5.79. The highest BCUT2D eigenvalue weighted by molar-refractivity contribution is 5.78. The maximum Gasteiger partial charge on any atom is 0.213 e. The molecule has 66 valence electrons. The van der Waals surface area contributed by atoms with Crippen LogP contribution >= 0.6 is 0 Å². The number of nitrogens with zero attached hydrogens (tertiary/aromatic N) is 3. The summed E-state index contributed by atoms with van der Waals surface area (Å²) in [5.41, 5.74) is 5.54. The van der Waals surface area contributed by atoms with E-state index in [1.165, 1.54) is 0 Å². The van der Waals surface area contributed by atoms with Gasteiger partial charge in [-0.1, -0.05) is 0 Å². The maximum atomic E-state index is 8.38. The summed E-state index contributed by atoms with van der Waals surface area (Å²) in [4.78, 5) is 1.89. The molecule has 1 aliphatic rings. The van der Waals surface area contributed by atoms with Crippen molar-refractivity contribution in [3.63, 3.8) is 0 Å². The first-order valence-electron chi connectivity index (χ1n) is 3.96. The summed E-state index contributed by atoms with van der Waals surface area (Å²) in [6, 6.07) is 2.53. The molecule has 0 spiro atoms. The molecule has 1 rings (SSSR count). The molecule has 0 heterocycles. The van der Waals surface area contributed by atoms with Gasteiger partial charge in [0.25, 0.3) is 0 Å². The molecule has 0 unspecified atom stereocenters. The van der Waals surface area contributed by atoms with Crippen molar-refractivity contribution in [2.24, 2.45) is 16.7 Å². The Morgan fingerprint density at radius 3 is 2.75 bits per heavy atom. The van der Waals surface area contributed by atoms with Gasteiger partial charge in [0.1, 0.15) is 0 Å². The lowest BCUT2D eigenvalue weighted by Crippen LogP contribution is -2.40. The Bertz CT molecular complexity index is 212. The van der Waals surface area contributed by atoms with Crippen LogP contribution in [0.5, 0.6) is 0 Å². The van der Waals surface area contributed by atoms with E-state index < -0.39 is 0 Å². The largest absolute Gasteiger partial charge is 0.368 e. The summed E-state index contributed by atoms with van der Waals surface area (Å²) < 4.78 is 0. The molecular formula is C7H13N5. The molecule has 0 bridgehead atoms. The molecule has 5 heteroatoms. The third kappa shape index (κ3) is 2.02. The van der Waals surface area contributed by atoms with Crippen LogP contribution in [0.1, 0.15) is 19.3 Å². The van der Waals surface area contributed by atoms with E-state index in [0.29, 0.717) is 25.0 Å². The van der Waals surface area contributed by atoms with Crippen molar-refractivity contribution in [3.05, 3.63) is 0 Å². The molecule has 1 saturated carbocycles. The molecule has 0 saturated heterocycles. The van der Waals surface area contributed by atoms with E-state index in [1.807, 2.05) is 4.90 Å². The molecule has 1 aliphatic carbocycles. The third-order valence-corrected chi connectivity index (χ3v) is 1.88. The molecule has 0 aliphatic heterocycles. The fraction of sp³-hybridized carbons (Fsp3) is 0.714. The second kappa shape index (κ2) is 3.81. The van der Waals surface area contributed by atoms with Crippen molar-refractivity contribution < 1.29 is 0 Å². The van der Waals surface area contributed by atoms with Gasteiger partial charge in [0.05, 0.1) is 12.5 Å². The topological polar surface area (TPSA) is 91.4 Å². The highest BCUT2D eigenvalue weighted by Gasteiger charge is 2.29. The van der Waals surface area contributed by atoms with Crippen molar-refractivity contribution in [1.82, 2.24) is 4.90 Å². The number of nitrogens with two attached hydrogens (primary N) is 2. The molecule has 0 atom stereocenters. The molecule has 0 aromatic heterocycles. The number of hydrogen-bond donors (Lipinski definition) is 2. The van der Waals surface area contributed by atoms with E-state index >= 15 is 0 Å². The Balaban J connectivity index is 2.44. The highest BCUT2D eigenvalue weighted by atomic mass is 15.3. The van der Waals surface area contributed by atoms with E-state index in [0.717, 1.165) is 12.8 Å². The average Bonchev–Trinajstić information content (AvgIpc) is 2.88. The zero-order valence-electron chi connectivity index (χ0n) is 6.90. The van der Waals surface area contributed by atoms with Crippen molar-refractivity contribution in [2.75, 3.05) is 6.54 Å². The van der Waals surface area contributed by atoms with Gasteiger partial charge in [-0.25, -0.2) is 0 Å². The van der Waals surface area contributed by atoms with Gasteiger partial charge < -0.3 is 16.5 Å². The fourth-order valence-electron chi connectivity index (χ4n) is 1.12. The van der Waals surface area contributed by atoms with Crippen LogP contribution in [0.15, 0.2) is 5.10 Å². The average molecular weight is 167 g/mol. The van der Waals surface area contributed by atoms with E-state index in [2.05, 4.69) is 11.2 Å². The zero-order valence-corrected chi connectivity index (χ0v) is 6.90. The van der Waals surface area contributed by atoms with Crippen LogP contribution in [0, 0.1) is 11.3 Å². The van der Waals surface area contributed by atoms with Gasteiger partial charge in [-0.05, 0) is 12.8 Å². The quantitative estimate of drug-likeness (QED) is 0.258. The smallest absolute Gasteiger partial charge is 0.213 e. The summed E-state index contributed by atoms with van der Waals surface area (Å²) in [6.07, 6.45) is 2.72. The van der Waals surface area contributed by atoms with Gasteiger partial charge >= 0.3 is 0 Å². The van der Waals surface area contributed by atoms with Crippen molar-refractivity contribution in [1.29, 1.82) is 5.26 Å². The van der Waals surface area contributed by atoms with E-state index in [9.17, 15) is 0 Å². The van der Waals surface area contributed by atoms with Crippen LogP contribution in [0.2, 0.25) is 0 Å². The molecule has 0 aromatic carbocycles. The van der Waals surface area contributed by atoms with Gasteiger partial charge in [-0.2, -0.15) is 5.26 Å². The van der Waals surface area contributed by atoms with Crippen LogP contribution in [-0.4, -0.2) is 23.4 Å².